The Kier molecular flexibility index (Phi) is 5.57. The van der Waals surface area contributed by atoms with Crippen molar-refractivity contribution in [2.45, 2.75) is 12.8 Å². The van der Waals surface area contributed by atoms with E-state index in [1.165, 1.54) is 17.4 Å². The van der Waals surface area contributed by atoms with E-state index in [2.05, 4.69) is 10.6 Å². The number of anilines is 3. The first kappa shape index (κ1) is 19.1. The zero-order chi connectivity index (χ0) is 20.2. The van der Waals surface area contributed by atoms with Gasteiger partial charge in [-0.15, -0.1) is 11.3 Å². The minimum Gasteiger partial charge on any atom is -0.369 e. The number of nitrogens with zero attached hydrogens (tertiary/aromatic N) is 1. The molecule has 0 spiro atoms. The highest BCUT2D eigenvalue weighted by Gasteiger charge is 2.17. The molecule has 7 heteroatoms. The van der Waals surface area contributed by atoms with Crippen molar-refractivity contribution in [1.82, 2.24) is 0 Å². The first-order chi connectivity index (χ1) is 14.1. The van der Waals surface area contributed by atoms with Gasteiger partial charge >= 0.3 is 0 Å². The number of amides is 2. The first-order valence-electron chi connectivity index (χ1n) is 9.41. The second-order valence-corrected chi connectivity index (χ2v) is 7.77. The summed E-state index contributed by atoms with van der Waals surface area (Å²) in [5, 5.41) is 7.34. The second-order valence-electron chi connectivity index (χ2n) is 6.82. The lowest BCUT2D eigenvalue weighted by atomic mass is 10.1. The Balaban J connectivity index is 1.39. The summed E-state index contributed by atoms with van der Waals surface area (Å²) >= 11 is 1.36. The molecule has 2 amide bonds. The van der Waals surface area contributed by atoms with Crippen molar-refractivity contribution >= 4 is 40.2 Å². The molecule has 0 unspecified atom stereocenters. The molecular formula is C22H20FN3O2S. The Morgan fingerprint density at radius 1 is 0.897 bits per heavy atom. The van der Waals surface area contributed by atoms with E-state index < -0.39 is 0 Å². The summed E-state index contributed by atoms with van der Waals surface area (Å²) in [7, 11) is 0. The van der Waals surface area contributed by atoms with Crippen molar-refractivity contribution in [3.63, 3.8) is 0 Å². The van der Waals surface area contributed by atoms with Gasteiger partial charge in [0, 0.05) is 30.0 Å². The predicted molar refractivity (Wildman–Crippen MR) is 115 cm³/mol. The van der Waals surface area contributed by atoms with Crippen LogP contribution < -0.4 is 15.5 Å². The number of carbonyl (C=O) groups excluding carboxylic acids is 2. The van der Waals surface area contributed by atoms with Gasteiger partial charge in [-0.05, 0) is 66.8 Å². The molecular weight excluding hydrogens is 389 g/mol. The van der Waals surface area contributed by atoms with Crippen LogP contribution in [0.15, 0.2) is 60.0 Å². The van der Waals surface area contributed by atoms with Gasteiger partial charge in [0.25, 0.3) is 11.8 Å². The van der Waals surface area contributed by atoms with E-state index in [4.69, 9.17) is 0 Å². The molecule has 0 atom stereocenters. The summed E-state index contributed by atoms with van der Waals surface area (Å²) in [6.45, 7) is 1.72. The van der Waals surface area contributed by atoms with Crippen molar-refractivity contribution in [3.8, 4) is 0 Å². The van der Waals surface area contributed by atoms with Crippen molar-refractivity contribution in [3.05, 3.63) is 76.2 Å². The van der Waals surface area contributed by atoms with Crippen LogP contribution in [-0.4, -0.2) is 24.9 Å². The highest BCUT2D eigenvalue weighted by atomic mass is 32.1. The fraction of sp³-hybridized carbons (Fsp3) is 0.182. The summed E-state index contributed by atoms with van der Waals surface area (Å²) in [5.74, 6) is -0.864. The number of carbonyl (C=O) groups is 2. The van der Waals surface area contributed by atoms with Gasteiger partial charge in [-0.2, -0.15) is 0 Å². The second kappa shape index (κ2) is 8.45. The maximum absolute atomic E-state index is 14.4. The van der Waals surface area contributed by atoms with Crippen molar-refractivity contribution in [1.29, 1.82) is 0 Å². The van der Waals surface area contributed by atoms with Crippen LogP contribution in [-0.2, 0) is 0 Å². The summed E-state index contributed by atoms with van der Waals surface area (Å²) in [6.07, 6.45) is 2.14. The SMILES string of the molecule is O=C(Nc1ccc(N2CCCC2)c(F)c1)c1ccc(NC(=O)c2cccs2)cc1. The molecule has 0 saturated carbocycles. The quantitative estimate of drug-likeness (QED) is 0.624. The summed E-state index contributed by atoms with van der Waals surface area (Å²) < 4.78 is 14.4. The minimum atomic E-state index is -0.338. The number of nitrogens with one attached hydrogen (secondary N) is 2. The standard InChI is InChI=1S/C22H20FN3O2S/c23-18-14-17(9-10-19(18)26-11-1-2-12-26)25-21(27)15-5-7-16(8-6-15)24-22(28)20-4-3-13-29-20/h3-10,13-14H,1-2,11-12H2,(H,24,28)(H,25,27). The van der Waals surface area contributed by atoms with Crippen LogP contribution in [0.1, 0.15) is 32.9 Å². The molecule has 5 nitrogen and oxygen atoms in total. The normalized spacial score (nSPS) is 13.3. The van der Waals surface area contributed by atoms with Gasteiger partial charge in [0.2, 0.25) is 0 Å². The van der Waals surface area contributed by atoms with Gasteiger partial charge in [0.05, 0.1) is 10.6 Å². The van der Waals surface area contributed by atoms with Crippen LogP contribution >= 0.6 is 11.3 Å². The summed E-state index contributed by atoms with van der Waals surface area (Å²) in [4.78, 5) is 27.2. The Morgan fingerprint density at radius 2 is 1.59 bits per heavy atom. The van der Waals surface area contributed by atoms with Crippen LogP contribution in [0.4, 0.5) is 21.5 Å². The van der Waals surface area contributed by atoms with Gasteiger partial charge < -0.3 is 15.5 Å². The maximum Gasteiger partial charge on any atom is 0.265 e. The molecule has 1 aliphatic heterocycles. The average molecular weight is 409 g/mol. The van der Waals surface area contributed by atoms with Crippen molar-refractivity contribution in [2.24, 2.45) is 0 Å². The van der Waals surface area contributed by atoms with Crippen LogP contribution in [0, 0.1) is 5.82 Å². The van der Waals surface area contributed by atoms with E-state index in [0.29, 0.717) is 27.5 Å². The van der Waals surface area contributed by atoms with Gasteiger partial charge in [-0.25, -0.2) is 4.39 Å². The van der Waals surface area contributed by atoms with E-state index in [0.717, 1.165) is 25.9 Å². The molecule has 2 heterocycles. The Labute approximate surface area is 172 Å². The third kappa shape index (κ3) is 4.46. The van der Waals surface area contributed by atoms with E-state index in [1.54, 1.807) is 42.5 Å². The van der Waals surface area contributed by atoms with Crippen LogP contribution in [0.2, 0.25) is 0 Å². The molecule has 29 heavy (non-hydrogen) atoms. The zero-order valence-corrected chi connectivity index (χ0v) is 16.5. The number of thiophene rings is 1. The Bertz CT molecular complexity index is 1010. The fourth-order valence-corrected chi connectivity index (χ4v) is 3.93. The molecule has 0 radical (unpaired) electrons. The molecule has 1 aromatic heterocycles. The van der Waals surface area contributed by atoms with Crippen LogP contribution in [0.25, 0.3) is 0 Å². The monoisotopic (exact) mass is 409 g/mol. The van der Waals surface area contributed by atoms with Crippen molar-refractivity contribution < 1.29 is 14.0 Å². The lowest BCUT2D eigenvalue weighted by molar-refractivity contribution is 0.102. The number of hydrogen-bond donors (Lipinski definition) is 2. The van der Waals surface area contributed by atoms with Crippen molar-refractivity contribution in [2.75, 3.05) is 28.6 Å². The lowest BCUT2D eigenvalue weighted by Crippen LogP contribution is -2.19. The number of hydrogen-bond acceptors (Lipinski definition) is 4. The zero-order valence-electron chi connectivity index (χ0n) is 15.7. The van der Waals surface area contributed by atoms with Crippen LogP contribution in [0.3, 0.4) is 0 Å². The molecule has 148 valence electrons. The average Bonchev–Trinajstić information content (AvgIpc) is 3.43. The molecule has 1 saturated heterocycles. The molecule has 2 aromatic carbocycles. The highest BCUT2D eigenvalue weighted by molar-refractivity contribution is 7.12. The predicted octanol–water partition coefficient (Wildman–Crippen LogP) is 4.99. The summed E-state index contributed by atoms with van der Waals surface area (Å²) in [5.41, 5.74) is 2.00. The molecule has 0 bridgehead atoms. The number of rotatable bonds is 5. The van der Waals surface area contributed by atoms with E-state index in [9.17, 15) is 14.0 Å². The lowest BCUT2D eigenvalue weighted by Gasteiger charge is -2.18. The van der Waals surface area contributed by atoms with E-state index >= 15 is 0 Å². The molecule has 0 aliphatic carbocycles. The molecule has 1 fully saturated rings. The van der Waals surface area contributed by atoms with E-state index in [1.807, 2.05) is 16.3 Å². The number of benzene rings is 2. The maximum atomic E-state index is 14.4. The molecule has 4 rings (SSSR count). The smallest absolute Gasteiger partial charge is 0.265 e. The molecule has 2 N–H and O–H groups in total. The van der Waals surface area contributed by atoms with Gasteiger partial charge in [0.1, 0.15) is 5.82 Å². The van der Waals surface area contributed by atoms with Gasteiger partial charge in [-0.1, -0.05) is 6.07 Å². The third-order valence-corrected chi connectivity index (χ3v) is 5.67. The Hall–Kier alpha value is -3.19. The largest absolute Gasteiger partial charge is 0.369 e. The minimum absolute atomic E-state index is 0.189. The summed E-state index contributed by atoms with van der Waals surface area (Å²) in [6, 6.07) is 14.9. The fourth-order valence-electron chi connectivity index (χ4n) is 3.31. The van der Waals surface area contributed by atoms with Crippen LogP contribution in [0.5, 0.6) is 0 Å². The highest BCUT2D eigenvalue weighted by Crippen LogP contribution is 2.26. The third-order valence-electron chi connectivity index (χ3n) is 4.80. The van der Waals surface area contributed by atoms with E-state index in [-0.39, 0.29) is 17.6 Å². The topological polar surface area (TPSA) is 61.4 Å². The number of halogens is 1. The molecule has 1 aliphatic rings. The first-order valence-corrected chi connectivity index (χ1v) is 10.3. The molecule has 3 aromatic rings. The van der Waals surface area contributed by atoms with Gasteiger partial charge in [-0.3, -0.25) is 9.59 Å². The Morgan fingerprint density at radius 3 is 2.24 bits per heavy atom. The van der Waals surface area contributed by atoms with Gasteiger partial charge in [0.15, 0.2) is 0 Å².